The lowest BCUT2D eigenvalue weighted by Crippen LogP contribution is -2.61. The molecule has 9 nitrogen and oxygen atoms in total. The van der Waals surface area contributed by atoms with Crippen molar-refractivity contribution < 1.29 is 18.6 Å². The molecule has 0 amide bonds. The minimum Gasteiger partial charge on any atom is -0.382 e. The summed E-state index contributed by atoms with van der Waals surface area (Å²) in [7, 11) is -3.09. The van der Waals surface area contributed by atoms with E-state index in [1.54, 1.807) is 0 Å². The minimum atomic E-state index is -3.09. The Bertz CT molecular complexity index is 1300. The number of hydrogen-bond acceptors (Lipinski definition) is 9. The molecule has 1 unspecified atom stereocenters. The fourth-order valence-corrected chi connectivity index (χ4v) is 7.48. The molecule has 0 radical (unpaired) electrons. The SMILES string of the molecule is Cc1ccc2nc(N3Cc4ccccc4S(O)(O)C(N4CCOCC4)C3)cc(NCC3(N)COC3)c2c1. The maximum Gasteiger partial charge on any atom is 0.131 e. The molecule has 1 atom stereocenters. The number of fused-ring (bicyclic) bond motifs is 2. The number of morpholine rings is 1. The molecular weight excluding hydrogens is 490 g/mol. The molecule has 0 saturated carbocycles. The first kappa shape index (κ1) is 24.9. The lowest BCUT2D eigenvalue weighted by molar-refractivity contribution is -0.0461. The van der Waals surface area contributed by atoms with Gasteiger partial charge in [-0.05, 0) is 30.7 Å². The first-order chi connectivity index (χ1) is 17.8. The molecular formula is C27H35N5O4S. The van der Waals surface area contributed by atoms with Gasteiger partial charge in [-0.1, -0.05) is 29.8 Å². The fourth-order valence-electron chi connectivity index (χ4n) is 5.37. The van der Waals surface area contributed by atoms with Gasteiger partial charge in [-0.2, -0.15) is 10.6 Å². The average Bonchev–Trinajstić information content (AvgIpc) is 3.00. The number of nitrogens with two attached hydrogens (primary N) is 1. The van der Waals surface area contributed by atoms with Crippen molar-refractivity contribution in [3.05, 3.63) is 59.7 Å². The number of anilines is 2. The van der Waals surface area contributed by atoms with E-state index in [1.807, 2.05) is 30.3 Å². The summed E-state index contributed by atoms with van der Waals surface area (Å²) in [4.78, 5) is 10.0. The summed E-state index contributed by atoms with van der Waals surface area (Å²) in [6.07, 6.45) is 0. The summed E-state index contributed by atoms with van der Waals surface area (Å²) in [5, 5.41) is 4.14. The second-order valence-corrected chi connectivity index (χ2v) is 12.6. The molecule has 6 rings (SSSR count). The Morgan fingerprint density at radius 1 is 1.11 bits per heavy atom. The summed E-state index contributed by atoms with van der Waals surface area (Å²) >= 11 is 0. The van der Waals surface area contributed by atoms with Crippen LogP contribution in [0.15, 0.2) is 53.4 Å². The van der Waals surface area contributed by atoms with Crippen molar-refractivity contribution in [2.24, 2.45) is 5.73 Å². The first-order valence-corrected chi connectivity index (χ1v) is 14.4. The van der Waals surface area contributed by atoms with Crippen LogP contribution in [0.1, 0.15) is 11.1 Å². The van der Waals surface area contributed by atoms with Crippen molar-refractivity contribution in [3.63, 3.8) is 0 Å². The largest absolute Gasteiger partial charge is 0.382 e. The van der Waals surface area contributed by atoms with Crippen LogP contribution in [0.3, 0.4) is 0 Å². The van der Waals surface area contributed by atoms with Crippen molar-refractivity contribution in [3.8, 4) is 0 Å². The lowest BCUT2D eigenvalue weighted by atomic mass is 9.99. The third-order valence-corrected chi connectivity index (χ3v) is 9.80. The maximum absolute atomic E-state index is 11.6. The highest BCUT2D eigenvalue weighted by Crippen LogP contribution is 2.57. The molecule has 198 valence electrons. The van der Waals surface area contributed by atoms with E-state index in [9.17, 15) is 9.11 Å². The summed E-state index contributed by atoms with van der Waals surface area (Å²) in [6.45, 7) is 7.21. The van der Waals surface area contributed by atoms with Crippen LogP contribution in [-0.4, -0.2) is 82.5 Å². The summed E-state index contributed by atoms with van der Waals surface area (Å²) in [5.74, 6) is 0.792. The van der Waals surface area contributed by atoms with Gasteiger partial charge in [0.05, 0.1) is 48.9 Å². The predicted molar refractivity (Wildman–Crippen MR) is 147 cm³/mol. The van der Waals surface area contributed by atoms with Gasteiger partial charge in [0.2, 0.25) is 0 Å². The number of benzene rings is 2. The molecule has 2 fully saturated rings. The molecule has 2 aromatic carbocycles. The molecule has 10 heteroatoms. The Morgan fingerprint density at radius 3 is 2.65 bits per heavy atom. The Balaban J connectivity index is 1.42. The molecule has 2 saturated heterocycles. The van der Waals surface area contributed by atoms with E-state index in [2.05, 4.69) is 40.2 Å². The lowest BCUT2D eigenvalue weighted by Gasteiger charge is -2.47. The number of nitrogens with zero attached hydrogens (tertiary/aromatic N) is 3. The van der Waals surface area contributed by atoms with E-state index < -0.39 is 16.0 Å². The molecule has 4 heterocycles. The van der Waals surface area contributed by atoms with Gasteiger partial charge >= 0.3 is 0 Å². The van der Waals surface area contributed by atoms with Crippen LogP contribution < -0.4 is 16.0 Å². The van der Waals surface area contributed by atoms with Crippen molar-refractivity contribution in [2.45, 2.75) is 29.3 Å². The van der Waals surface area contributed by atoms with E-state index in [0.717, 1.165) is 33.5 Å². The van der Waals surface area contributed by atoms with Crippen LogP contribution in [0.4, 0.5) is 11.5 Å². The van der Waals surface area contributed by atoms with E-state index in [-0.39, 0.29) is 5.54 Å². The molecule has 0 bridgehead atoms. The van der Waals surface area contributed by atoms with E-state index >= 15 is 0 Å². The second-order valence-electron chi connectivity index (χ2n) is 10.4. The quantitative estimate of drug-likeness (QED) is 0.397. The molecule has 3 aliphatic rings. The zero-order valence-corrected chi connectivity index (χ0v) is 21.9. The number of aromatic nitrogens is 1. The summed E-state index contributed by atoms with van der Waals surface area (Å²) in [5.41, 5.74) is 9.97. The van der Waals surface area contributed by atoms with Gasteiger partial charge in [0.25, 0.3) is 0 Å². The Kier molecular flexibility index (Phi) is 6.52. The van der Waals surface area contributed by atoms with Crippen LogP contribution in [0, 0.1) is 6.92 Å². The number of hydrogen-bond donors (Lipinski definition) is 4. The number of rotatable bonds is 5. The van der Waals surface area contributed by atoms with E-state index in [4.69, 9.17) is 20.2 Å². The second kappa shape index (κ2) is 9.70. The molecule has 0 aliphatic carbocycles. The standard InChI is InChI=1S/C27H35N5O4S/c1-19-6-7-22-21(12-19)23(29-16-27(28)17-36-18-27)13-25(30-22)32-14-20-4-2-3-5-24(20)37(33,34)26(15-32)31-8-10-35-11-9-31/h2-7,12-13,26,33-34H,8-11,14-18,28H2,1H3,(H,29,30). The van der Waals surface area contributed by atoms with Gasteiger partial charge in [-0.25, -0.2) is 4.98 Å². The smallest absolute Gasteiger partial charge is 0.131 e. The van der Waals surface area contributed by atoms with Crippen LogP contribution in [0.5, 0.6) is 0 Å². The van der Waals surface area contributed by atoms with Gasteiger partial charge in [0.15, 0.2) is 0 Å². The van der Waals surface area contributed by atoms with E-state index in [1.165, 1.54) is 0 Å². The number of nitrogens with one attached hydrogen (secondary N) is 1. The number of aryl methyl sites for hydroxylation is 1. The molecule has 0 spiro atoms. The van der Waals surface area contributed by atoms with Crippen LogP contribution in [0.2, 0.25) is 0 Å². The Labute approximate surface area is 218 Å². The van der Waals surface area contributed by atoms with Gasteiger partial charge in [0.1, 0.15) is 11.2 Å². The molecule has 3 aliphatic heterocycles. The number of ether oxygens (including phenoxy) is 2. The average molecular weight is 526 g/mol. The summed E-state index contributed by atoms with van der Waals surface area (Å²) in [6, 6.07) is 16.0. The molecule has 37 heavy (non-hydrogen) atoms. The van der Waals surface area contributed by atoms with Gasteiger partial charge in [-0.15, -0.1) is 0 Å². The van der Waals surface area contributed by atoms with Crippen LogP contribution >= 0.6 is 10.6 Å². The monoisotopic (exact) mass is 525 g/mol. The highest BCUT2D eigenvalue weighted by molar-refractivity contribution is 8.24. The van der Waals surface area contributed by atoms with E-state index in [0.29, 0.717) is 64.0 Å². The van der Waals surface area contributed by atoms with Gasteiger partial charge < -0.3 is 25.4 Å². The van der Waals surface area contributed by atoms with Crippen molar-refractivity contribution >= 4 is 33.0 Å². The predicted octanol–water partition coefficient (Wildman–Crippen LogP) is 3.47. The number of pyridine rings is 1. The fraction of sp³-hybridized carbons (Fsp3) is 0.444. The summed E-state index contributed by atoms with van der Waals surface area (Å²) < 4.78 is 34.1. The Morgan fingerprint density at radius 2 is 1.89 bits per heavy atom. The van der Waals surface area contributed by atoms with Crippen LogP contribution in [-0.2, 0) is 16.0 Å². The zero-order valence-electron chi connectivity index (χ0n) is 21.1. The third-order valence-electron chi connectivity index (χ3n) is 7.55. The molecule has 3 aromatic rings. The molecule has 5 N–H and O–H groups in total. The highest BCUT2D eigenvalue weighted by Gasteiger charge is 2.40. The van der Waals surface area contributed by atoms with Gasteiger partial charge in [0, 0.05) is 43.3 Å². The first-order valence-electron chi connectivity index (χ1n) is 12.8. The van der Waals surface area contributed by atoms with Crippen molar-refractivity contribution in [1.82, 2.24) is 9.88 Å². The highest BCUT2D eigenvalue weighted by atomic mass is 32.3. The van der Waals surface area contributed by atoms with Crippen LogP contribution in [0.25, 0.3) is 10.9 Å². The van der Waals surface area contributed by atoms with Crippen molar-refractivity contribution in [2.75, 3.05) is 62.8 Å². The minimum absolute atomic E-state index is 0.376. The zero-order chi connectivity index (χ0) is 25.6. The molecule has 1 aromatic heterocycles. The Hall–Kier alpha value is -2.44. The van der Waals surface area contributed by atoms with Crippen molar-refractivity contribution in [1.29, 1.82) is 0 Å². The normalized spacial score (nSPS) is 24.1. The third kappa shape index (κ3) is 4.79. The topological polar surface area (TPSA) is 116 Å². The van der Waals surface area contributed by atoms with Gasteiger partial charge in [-0.3, -0.25) is 14.0 Å². The maximum atomic E-state index is 11.6.